The maximum absolute atomic E-state index is 12.6. The highest BCUT2D eigenvalue weighted by Crippen LogP contribution is 2.26. The second-order valence-electron chi connectivity index (χ2n) is 6.81. The number of H-pyrrole nitrogens is 1. The fourth-order valence-electron chi connectivity index (χ4n) is 3.16. The molecule has 0 bridgehead atoms. The summed E-state index contributed by atoms with van der Waals surface area (Å²) < 4.78 is 1.86. The molecule has 1 saturated heterocycles. The number of piperidine rings is 1. The molecule has 1 atom stereocenters. The minimum Gasteiger partial charge on any atom is -0.364 e. The third-order valence-electron chi connectivity index (χ3n) is 4.59. The van der Waals surface area contributed by atoms with Crippen molar-refractivity contribution in [3.8, 4) is 0 Å². The van der Waals surface area contributed by atoms with Gasteiger partial charge in [0.25, 0.3) is 5.91 Å². The smallest absolute Gasteiger partial charge is 0.269 e. The van der Waals surface area contributed by atoms with Gasteiger partial charge in [0.1, 0.15) is 5.69 Å². The van der Waals surface area contributed by atoms with Gasteiger partial charge >= 0.3 is 0 Å². The zero-order chi connectivity index (χ0) is 18.0. The molecule has 8 heteroatoms. The number of carbonyl (C=O) groups is 2. The van der Waals surface area contributed by atoms with Crippen molar-refractivity contribution in [2.45, 2.75) is 45.1 Å². The minimum atomic E-state index is -0.549. The maximum atomic E-state index is 12.6. The molecule has 2 aromatic heterocycles. The Bertz CT molecular complexity index is 763. The van der Waals surface area contributed by atoms with Crippen LogP contribution >= 0.6 is 0 Å². The Labute approximate surface area is 146 Å². The van der Waals surface area contributed by atoms with Crippen LogP contribution < -0.4 is 5.73 Å². The number of nitrogens with two attached hydrogens (primary N) is 1. The molecule has 25 heavy (non-hydrogen) atoms. The summed E-state index contributed by atoms with van der Waals surface area (Å²) in [4.78, 5) is 25.7. The van der Waals surface area contributed by atoms with Crippen LogP contribution in [-0.4, -0.2) is 49.8 Å². The molecule has 1 aliphatic rings. The highest BCUT2D eigenvalue weighted by Gasteiger charge is 2.26. The summed E-state index contributed by atoms with van der Waals surface area (Å²) >= 11 is 0. The molecule has 0 unspecified atom stereocenters. The van der Waals surface area contributed by atoms with Crippen LogP contribution in [0.25, 0.3) is 0 Å². The van der Waals surface area contributed by atoms with E-state index in [4.69, 9.17) is 5.73 Å². The van der Waals surface area contributed by atoms with E-state index in [1.165, 1.54) is 0 Å². The number of amides is 2. The lowest BCUT2D eigenvalue weighted by atomic mass is 9.94. The summed E-state index contributed by atoms with van der Waals surface area (Å²) in [5.41, 5.74) is 7.13. The third kappa shape index (κ3) is 3.89. The van der Waals surface area contributed by atoms with Gasteiger partial charge in [0.15, 0.2) is 0 Å². The Balaban J connectivity index is 1.63. The van der Waals surface area contributed by atoms with Crippen LogP contribution in [0.5, 0.6) is 0 Å². The van der Waals surface area contributed by atoms with Crippen molar-refractivity contribution in [2.75, 3.05) is 13.1 Å². The van der Waals surface area contributed by atoms with E-state index in [2.05, 4.69) is 29.1 Å². The highest BCUT2D eigenvalue weighted by atomic mass is 16.2. The fraction of sp³-hybridized carbons (Fsp3) is 0.529. The van der Waals surface area contributed by atoms with Crippen LogP contribution in [0.4, 0.5) is 0 Å². The molecule has 0 radical (unpaired) electrons. The first-order valence-corrected chi connectivity index (χ1v) is 8.61. The Morgan fingerprint density at radius 1 is 1.44 bits per heavy atom. The first-order valence-electron chi connectivity index (χ1n) is 8.61. The standard InChI is InChI=1S/C17H24N6O2/c1-11(2)23-7-5-13(21-23)8-16(24)22-6-3-4-12(10-22)14-9-15(17(18)25)20-19-14/h5,7,9,11-12H,3-4,6,8,10H2,1-2H3,(H2,18,25)(H,19,20)/t12-/m1/s1. The number of nitrogens with zero attached hydrogens (tertiary/aromatic N) is 4. The number of hydrogen-bond donors (Lipinski definition) is 2. The molecule has 2 amide bonds. The van der Waals surface area contributed by atoms with E-state index >= 15 is 0 Å². The lowest BCUT2D eigenvalue weighted by Crippen LogP contribution is -2.40. The van der Waals surface area contributed by atoms with Crippen molar-refractivity contribution in [1.29, 1.82) is 0 Å². The van der Waals surface area contributed by atoms with Crippen molar-refractivity contribution in [3.05, 3.63) is 35.4 Å². The number of nitrogens with one attached hydrogen (secondary N) is 1. The van der Waals surface area contributed by atoms with Crippen molar-refractivity contribution in [1.82, 2.24) is 24.9 Å². The second kappa shape index (κ2) is 7.08. The van der Waals surface area contributed by atoms with Crippen molar-refractivity contribution < 1.29 is 9.59 Å². The van der Waals surface area contributed by atoms with E-state index in [0.717, 1.165) is 30.8 Å². The SMILES string of the molecule is CC(C)n1ccc(CC(=O)N2CCC[C@@H](c3cc(C(N)=O)n[nH]3)C2)n1. The average Bonchev–Trinajstić information content (AvgIpc) is 3.24. The topological polar surface area (TPSA) is 110 Å². The van der Waals surface area contributed by atoms with E-state index in [0.29, 0.717) is 13.0 Å². The van der Waals surface area contributed by atoms with Gasteiger partial charge in [-0.05, 0) is 38.8 Å². The molecular weight excluding hydrogens is 320 g/mol. The molecule has 3 heterocycles. The number of rotatable bonds is 5. The van der Waals surface area contributed by atoms with Crippen LogP contribution in [0.1, 0.15) is 60.5 Å². The van der Waals surface area contributed by atoms with E-state index in [-0.39, 0.29) is 23.6 Å². The second-order valence-corrected chi connectivity index (χ2v) is 6.81. The summed E-state index contributed by atoms with van der Waals surface area (Å²) in [7, 11) is 0. The maximum Gasteiger partial charge on any atom is 0.269 e. The van der Waals surface area contributed by atoms with Gasteiger partial charge in [-0.15, -0.1) is 0 Å². The van der Waals surface area contributed by atoms with Gasteiger partial charge in [-0.2, -0.15) is 10.2 Å². The minimum absolute atomic E-state index is 0.0772. The molecule has 2 aromatic rings. The molecule has 1 aliphatic heterocycles. The van der Waals surface area contributed by atoms with E-state index < -0.39 is 5.91 Å². The number of hydrogen-bond acceptors (Lipinski definition) is 4. The van der Waals surface area contributed by atoms with Gasteiger partial charge in [-0.1, -0.05) is 0 Å². The van der Waals surface area contributed by atoms with Crippen LogP contribution in [0.2, 0.25) is 0 Å². The molecule has 0 saturated carbocycles. The third-order valence-corrected chi connectivity index (χ3v) is 4.59. The van der Waals surface area contributed by atoms with E-state index in [1.54, 1.807) is 6.07 Å². The van der Waals surface area contributed by atoms with Crippen molar-refractivity contribution in [3.63, 3.8) is 0 Å². The summed E-state index contributed by atoms with van der Waals surface area (Å²) in [6.07, 6.45) is 4.08. The first-order chi connectivity index (χ1) is 11.9. The van der Waals surface area contributed by atoms with Crippen LogP contribution in [0.15, 0.2) is 18.3 Å². The number of carbonyl (C=O) groups excluding carboxylic acids is 2. The zero-order valence-electron chi connectivity index (χ0n) is 14.6. The average molecular weight is 344 g/mol. The summed E-state index contributed by atoms with van der Waals surface area (Å²) in [5, 5.41) is 11.3. The fourth-order valence-corrected chi connectivity index (χ4v) is 3.16. The monoisotopic (exact) mass is 344 g/mol. The molecule has 3 rings (SSSR count). The number of primary amides is 1. The predicted octanol–water partition coefficient (Wildman–Crippen LogP) is 1.23. The van der Waals surface area contributed by atoms with Crippen LogP contribution in [0.3, 0.4) is 0 Å². The Kier molecular flexibility index (Phi) is 4.87. The van der Waals surface area contributed by atoms with E-state index in [1.807, 2.05) is 21.8 Å². The predicted molar refractivity (Wildman–Crippen MR) is 92.0 cm³/mol. The highest BCUT2D eigenvalue weighted by molar-refractivity contribution is 5.90. The van der Waals surface area contributed by atoms with Crippen molar-refractivity contribution >= 4 is 11.8 Å². The van der Waals surface area contributed by atoms with Crippen LogP contribution in [-0.2, 0) is 11.2 Å². The number of aromatic nitrogens is 4. The molecule has 0 aromatic carbocycles. The summed E-state index contributed by atoms with van der Waals surface area (Å²) in [6.45, 7) is 5.47. The Morgan fingerprint density at radius 3 is 2.88 bits per heavy atom. The van der Waals surface area contributed by atoms with E-state index in [9.17, 15) is 9.59 Å². The molecule has 134 valence electrons. The lowest BCUT2D eigenvalue weighted by molar-refractivity contribution is -0.131. The largest absolute Gasteiger partial charge is 0.364 e. The normalized spacial score (nSPS) is 17.9. The number of aromatic amines is 1. The molecular formula is C17H24N6O2. The Morgan fingerprint density at radius 2 is 2.24 bits per heavy atom. The Hall–Kier alpha value is -2.64. The zero-order valence-corrected chi connectivity index (χ0v) is 14.6. The molecule has 1 fully saturated rings. The van der Waals surface area contributed by atoms with Gasteiger partial charge in [0.05, 0.1) is 12.1 Å². The summed E-state index contributed by atoms with van der Waals surface area (Å²) in [5.74, 6) is -0.327. The molecule has 8 nitrogen and oxygen atoms in total. The molecule has 3 N–H and O–H groups in total. The lowest BCUT2D eigenvalue weighted by Gasteiger charge is -2.32. The van der Waals surface area contributed by atoms with Crippen molar-refractivity contribution in [2.24, 2.45) is 5.73 Å². The van der Waals surface area contributed by atoms with Gasteiger partial charge < -0.3 is 10.6 Å². The van der Waals surface area contributed by atoms with Gasteiger partial charge in [-0.3, -0.25) is 19.4 Å². The van der Waals surface area contributed by atoms with Gasteiger partial charge in [0.2, 0.25) is 5.91 Å². The van der Waals surface area contributed by atoms with Gasteiger partial charge in [-0.25, -0.2) is 0 Å². The van der Waals surface area contributed by atoms with Gasteiger partial charge in [0, 0.05) is 36.9 Å². The quantitative estimate of drug-likeness (QED) is 0.850. The molecule has 0 spiro atoms. The summed E-state index contributed by atoms with van der Waals surface area (Å²) in [6, 6.07) is 3.86. The first kappa shape index (κ1) is 17.2. The molecule has 0 aliphatic carbocycles. The number of likely N-dealkylation sites (tertiary alicyclic amines) is 1. The van der Waals surface area contributed by atoms with Crippen LogP contribution in [0, 0.1) is 0 Å².